The Labute approximate surface area is 258 Å². The summed E-state index contributed by atoms with van der Waals surface area (Å²) in [5.74, 6) is -1.51. The number of halogens is 1. The molecule has 15 heteroatoms. The standard InChI is InChI=1S/C28H35ClN4O9S/c1-15(34)30-24-26(41-18(4)37)25(40-17(3)36)22(13-38-16(2)35)42-27(24)33-28(43)32(19-9-5-6-10-19)23(31-33)14-39-21-12-8-7-11-20(21)29/h7-8,11-12,19,22,24-27H,5-6,9-10,13-14H2,1-4H3,(H,30,34)/t22-,24-,25-,26-,27-/m1/s1. The summed E-state index contributed by atoms with van der Waals surface area (Å²) >= 11 is 12.2. The third kappa shape index (κ3) is 7.92. The predicted octanol–water partition coefficient (Wildman–Crippen LogP) is 3.59. The van der Waals surface area contributed by atoms with Crippen LogP contribution in [0, 0.1) is 4.77 Å². The van der Waals surface area contributed by atoms with Crippen LogP contribution < -0.4 is 10.1 Å². The smallest absolute Gasteiger partial charge is 0.303 e. The van der Waals surface area contributed by atoms with Gasteiger partial charge in [-0.25, -0.2) is 4.68 Å². The van der Waals surface area contributed by atoms with Gasteiger partial charge in [0, 0.05) is 33.7 Å². The lowest BCUT2D eigenvalue weighted by atomic mass is 9.95. The maximum absolute atomic E-state index is 12.4. The number of hydrogen-bond donors (Lipinski definition) is 1. The number of para-hydroxylation sites is 1. The first kappa shape index (κ1) is 32.4. The Balaban J connectivity index is 1.81. The molecule has 13 nitrogen and oxygen atoms in total. The van der Waals surface area contributed by atoms with Gasteiger partial charge in [-0.2, -0.15) is 5.10 Å². The Bertz CT molecular complexity index is 1410. The molecule has 0 spiro atoms. The van der Waals surface area contributed by atoms with Crippen LogP contribution in [-0.2, 0) is 44.7 Å². The monoisotopic (exact) mass is 638 g/mol. The summed E-state index contributed by atoms with van der Waals surface area (Å²) in [6.07, 6.45) is -0.962. The molecule has 0 radical (unpaired) electrons. The van der Waals surface area contributed by atoms with E-state index < -0.39 is 54.4 Å². The number of aromatic nitrogens is 3. The molecule has 1 N–H and O–H groups in total. The van der Waals surface area contributed by atoms with Gasteiger partial charge >= 0.3 is 17.9 Å². The Hall–Kier alpha value is -3.49. The van der Waals surface area contributed by atoms with Crippen LogP contribution in [0.3, 0.4) is 0 Å². The molecule has 234 valence electrons. The van der Waals surface area contributed by atoms with E-state index in [0.717, 1.165) is 25.7 Å². The first-order valence-corrected chi connectivity index (χ1v) is 14.7. The van der Waals surface area contributed by atoms with Crippen LogP contribution in [-0.4, -0.2) is 69.1 Å². The molecule has 43 heavy (non-hydrogen) atoms. The van der Waals surface area contributed by atoms with Gasteiger partial charge in [0.15, 0.2) is 24.3 Å². The summed E-state index contributed by atoms with van der Waals surface area (Å²) in [6.45, 7) is 4.55. The van der Waals surface area contributed by atoms with E-state index in [2.05, 4.69) is 5.32 Å². The molecule has 1 amide bonds. The van der Waals surface area contributed by atoms with E-state index in [1.807, 2.05) is 4.57 Å². The van der Waals surface area contributed by atoms with Gasteiger partial charge in [-0.05, 0) is 37.2 Å². The highest BCUT2D eigenvalue weighted by molar-refractivity contribution is 7.71. The van der Waals surface area contributed by atoms with Crippen molar-refractivity contribution in [2.45, 2.75) is 96.6 Å². The van der Waals surface area contributed by atoms with Crippen LogP contribution in [0.5, 0.6) is 5.75 Å². The fourth-order valence-electron chi connectivity index (χ4n) is 5.45. The first-order valence-electron chi connectivity index (χ1n) is 13.9. The molecule has 1 saturated heterocycles. The number of ether oxygens (including phenoxy) is 5. The van der Waals surface area contributed by atoms with Gasteiger partial charge in [0.1, 0.15) is 31.1 Å². The number of hydrogen-bond acceptors (Lipinski definition) is 11. The van der Waals surface area contributed by atoms with Gasteiger partial charge in [-0.3, -0.25) is 23.7 Å². The van der Waals surface area contributed by atoms with E-state index in [9.17, 15) is 19.2 Å². The average molecular weight is 639 g/mol. The van der Waals surface area contributed by atoms with Crippen LogP contribution in [0.15, 0.2) is 24.3 Å². The van der Waals surface area contributed by atoms with Gasteiger partial charge in [0.05, 0.1) is 5.02 Å². The second-order valence-corrected chi connectivity index (χ2v) is 11.2. The van der Waals surface area contributed by atoms with Crippen molar-refractivity contribution in [2.75, 3.05) is 6.61 Å². The summed E-state index contributed by atoms with van der Waals surface area (Å²) in [5.41, 5.74) is 0. The van der Waals surface area contributed by atoms with Crippen molar-refractivity contribution in [3.63, 3.8) is 0 Å². The van der Waals surface area contributed by atoms with Gasteiger partial charge in [-0.1, -0.05) is 36.6 Å². The third-order valence-electron chi connectivity index (χ3n) is 7.12. The molecule has 5 atom stereocenters. The highest BCUT2D eigenvalue weighted by atomic mass is 35.5. The predicted molar refractivity (Wildman–Crippen MR) is 154 cm³/mol. The molecule has 1 aromatic heterocycles. The Morgan fingerprint density at radius 3 is 2.28 bits per heavy atom. The molecule has 2 heterocycles. The van der Waals surface area contributed by atoms with Gasteiger partial charge in [0.2, 0.25) is 10.7 Å². The summed E-state index contributed by atoms with van der Waals surface area (Å²) in [7, 11) is 0. The van der Waals surface area contributed by atoms with Crippen molar-refractivity contribution in [1.82, 2.24) is 19.7 Å². The van der Waals surface area contributed by atoms with E-state index in [4.69, 9.17) is 52.6 Å². The lowest BCUT2D eigenvalue weighted by Gasteiger charge is -2.45. The Kier molecular flexibility index (Phi) is 10.8. The van der Waals surface area contributed by atoms with E-state index in [0.29, 0.717) is 16.6 Å². The highest BCUT2D eigenvalue weighted by Gasteiger charge is 2.52. The second kappa shape index (κ2) is 14.3. The average Bonchev–Trinajstić information content (AvgIpc) is 3.56. The zero-order chi connectivity index (χ0) is 31.3. The van der Waals surface area contributed by atoms with Crippen molar-refractivity contribution in [2.24, 2.45) is 0 Å². The quantitative estimate of drug-likeness (QED) is 0.231. The molecule has 1 aromatic carbocycles. The molecule has 2 aliphatic rings. The van der Waals surface area contributed by atoms with Crippen molar-refractivity contribution < 1.29 is 42.9 Å². The largest absolute Gasteiger partial charge is 0.484 e. The minimum Gasteiger partial charge on any atom is -0.484 e. The Morgan fingerprint density at radius 2 is 1.67 bits per heavy atom. The second-order valence-electron chi connectivity index (χ2n) is 10.4. The van der Waals surface area contributed by atoms with E-state index in [-0.39, 0.29) is 24.0 Å². The topological polar surface area (TPSA) is 149 Å². The van der Waals surface area contributed by atoms with Gasteiger partial charge < -0.3 is 29.0 Å². The lowest BCUT2D eigenvalue weighted by molar-refractivity contribution is -0.239. The number of benzene rings is 1. The minimum absolute atomic E-state index is 0.0225. The minimum atomic E-state index is -1.24. The van der Waals surface area contributed by atoms with Crippen LogP contribution >= 0.6 is 23.8 Å². The first-order chi connectivity index (χ1) is 20.5. The molecule has 1 saturated carbocycles. The molecule has 1 aliphatic heterocycles. The van der Waals surface area contributed by atoms with Gasteiger partial charge in [0.25, 0.3) is 0 Å². The normalized spacial score (nSPS) is 23.8. The summed E-state index contributed by atoms with van der Waals surface area (Å²) in [6, 6.07) is 5.99. The fourth-order valence-corrected chi connectivity index (χ4v) is 6.04. The van der Waals surface area contributed by atoms with Crippen LogP contribution in [0.1, 0.15) is 71.5 Å². The van der Waals surface area contributed by atoms with Crippen molar-refractivity contribution >= 4 is 47.6 Å². The highest BCUT2D eigenvalue weighted by Crippen LogP contribution is 2.36. The number of carbonyl (C=O) groups excluding carboxylic acids is 4. The molecular formula is C28H35ClN4O9S. The zero-order valence-electron chi connectivity index (χ0n) is 24.3. The molecule has 4 rings (SSSR count). The van der Waals surface area contributed by atoms with Gasteiger partial charge in [-0.15, -0.1) is 0 Å². The zero-order valence-corrected chi connectivity index (χ0v) is 25.9. The van der Waals surface area contributed by atoms with Crippen molar-refractivity contribution in [3.8, 4) is 5.75 Å². The lowest BCUT2D eigenvalue weighted by Crippen LogP contribution is -2.64. The molecule has 1 aliphatic carbocycles. The summed E-state index contributed by atoms with van der Waals surface area (Å²) in [5, 5.41) is 7.98. The molecule has 2 fully saturated rings. The van der Waals surface area contributed by atoms with Crippen LogP contribution in [0.2, 0.25) is 5.02 Å². The number of esters is 3. The number of nitrogens with one attached hydrogen (secondary N) is 1. The molecule has 0 bridgehead atoms. The fraction of sp³-hybridized carbons (Fsp3) is 0.571. The number of amides is 1. The molecule has 2 aromatic rings. The van der Waals surface area contributed by atoms with Crippen molar-refractivity contribution in [3.05, 3.63) is 39.9 Å². The summed E-state index contributed by atoms with van der Waals surface area (Å²) < 4.78 is 32.3. The number of carbonyl (C=O) groups is 4. The van der Waals surface area contributed by atoms with Crippen LogP contribution in [0.25, 0.3) is 0 Å². The summed E-state index contributed by atoms with van der Waals surface area (Å²) in [4.78, 5) is 48.5. The Morgan fingerprint density at radius 1 is 1.02 bits per heavy atom. The molecule has 0 unspecified atom stereocenters. The van der Waals surface area contributed by atoms with E-state index >= 15 is 0 Å². The maximum Gasteiger partial charge on any atom is 0.303 e. The molecular weight excluding hydrogens is 604 g/mol. The SMILES string of the molecule is CC(=O)N[C@@H]1[C@@H](OC(C)=O)[C@H](OC(C)=O)[C@@H](COC(C)=O)O[C@H]1n1nc(COc2ccccc2Cl)n(C2CCCC2)c1=S. The number of rotatable bonds is 10. The van der Waals surface area contributed by atoms with E-state index in [1.54, 1.807) is 24.3 Å². The number of nitrogens with zero attached hydrogens (tertiary/aromatic N) is 3. The maximum atomic E-state index is 12.4. The van der Waals surface area contributed by atoms with Crippen LogP contribution in [0.4, 0.5) is 0 Å². The van der Waals surface area contributed by atoms with E-state index in [1.165, 1.54) is 32.4 Å². The third-order valence-corrected chi connectivity index (χ3v) is 7.81. The van der Waals surface area contributed by atoms with Crippen molar-refractivity contribution in [1.29, 1.82) is 0 Å².